The van der Waals surface area contributed by atoms with Crippen molar-refractivity contribution in [2.24, 2.45) is 5.92 Å². The first-order valence-corrected chi connectivity index (χ1v) is 5.96. The highest BCUT2D eigenvalue weighted by molar-refractivity contribution is 5.95. The molecule has 0 saturated heterocycles. The Labute approximate surface area is 104 Å². The van der Waals surface area contributed by atoms with Crippen LogP contribution in [-0.4, -0.2) is 26.5 Å². The minimum absolute atomic E-state index is 0.00861. The Balaban J connectivity index is 2.88. The van der Waals surface area contributed by atoms with Gasteiger partial charge in [0.2, 0.25) is 5.91 Å². The summed E-state index contributed by atoms with van der Waals surface area (Å²) in [5.74, 6) is 0.136. The Morgan fingerprint density at radius 2 is 2.06 bits per heavy atom. The lowest BCUT2D eigenvalue weighted by Crippen LogP contribution is -2.36. The van der Waals surface area contributed by atoms with Gasteiger partial charge in [0.15, 0.2) is 0 Å². The summed E-state index contributed by atoms with van der Waals surface area (Å²) < 4.78 is 0. The Morgan fingerprint density at radius 3 is 2.59 bits per heavy atom. The van der Waals surface area contributed by atoms with Crippen LogP contribution >= 0.6 is 0 Å². The average Bonchev–Trinajstić information content (AvgIpc) is 2.27. The van der Waals surface area contributed by atoms with Crippen LogP contribution < -0.4 is 10.2 Å². The van der Waals surface area contributed by atoms with E-state index in [0.717, 1.165) is 11.3 Å². The molecular formula is C14H22N2O. The van der Waals surface area contributed by atoms with Crippen LogP contribution in [0.3, 0.4) is 0 Å². The smallest absolute Gasteiger partial charge is 0.230 e. The van der Waals surface area contributed by atoms with E-state index < -0.39 is 0 Å². The molecule has 0 fully saturated rings. The van der Waals surface area contributed by atoms with Crippen molar-refractivity contribution in [1.82, 2.24) is 5.32 Å². The van der Waals surface area contributed by atoms with Gasteiger partial charge in [-0.1, -0.05) is 24.6 Å². The van der Waals surface area contributed by atoms with Gasteiger partial charge in [-0.25, -0.2) is 0 Å². The molecule has 1 rings (SSSR count). The lowest BCUT2D eigenvalue weighted by molar-refractivity contribution is -0.121. The van der Waals surface area contributed by atoms with Gasteiger partial charge >= 0.3 is 0 Å². The van der Waals surface area contributed by atoms with Gasteiger partial charge < -0.3 is 10.2 Å². The Morgan fingerprint density at radius 1 is 1.41 bits per heavy atom. The van der Waals surface area contributed by atoms with Crippen LogP contribution in [0.4, 0.5) is 5.69 Å². The first kappa shape index (κ1) is 13.7. The lowest BCUT2D eigenvalue weighted by atomic mass is 10.1. The zero-order chi connectivity index (χ0) is 13.0. The van der Waals surface area contributed by atoms with E-state index in [4.69, 9.17) is 0 Å². The highest BCUT2D eigenvalue weighted by Gasteiger charge is 2.18. The number of hydrogen-bond acceptors (Lipinski definition) is 2. The number of carbonyl (C=O) groups is 1. The lowest BCUT2D eigenvalue weighted by Gasteiger charge is -2.23. The summed E-state index contributed by atoms with van der Waals surface area (Å²) in [6.07, 6.45) is 0. The molecule has 3 nitrogen and oxygen atoms in total. The van der Waals surface area contributed by atoms with Gasteiger partial charge in [0.1, 0.15) is 0 Å². The van der Waals surface area contributed by atoms with Crippen LogP contribution in [0, 0.1) is 19.8 Å². The maximum atomic E-state index is 12.2. The first-order valence-electron chi connectivity index (χ1n) is 5.96. The molecule has 0 radical (unpaired) electrons. The van der Waals surface area contributed by atoms with Crippen molar-refractivity contribution in [2.75, 3.05) is 25.5 Å². The van der Waals surface area contributed by atoms with Crippen molar-refractivity contribution in [3.8, 4) is 0 Å². The van der Waals surface area contributed by atoms with E-state index in [1.165, 1.54) is 5.56 Å². The van der Waals surface area contributed by atoms with E-state index in [1.54, 1.807) is 4.90 Å². The van der Waals surface area contributed by atoms with E-state index in [1.807, 2.05) is 40.1 Å². The minimum atomic E-state index is -0.00861. The topological polar surface area (TPSA) is 32.3 Å². The molecular weight excluding hydrogens is 212 g/mol. The Kier molecular flexibility index (Phi) is 4.70. The molecule has 0 spiro atoms. The highest BCUT2D eigenvalue weighted by Crippen LogP contribution is 2.21. The molecule has 0 aliphatic carbocycles. The van der Waals surface area contributed by atoms with Crippen LogP contribution in [0.15, 0.2) is 18.2 Å². The van der Waals surface area contributed by atoms with Crippen LogP contribution in [0.2, 0.25) is 0 Å². The van der Waals surface area contributed by atoms with E-state index in [9.17, 15) is 4.79 Å². The maximum Gasteiger partial charge on any atom is 0.230 e. The summed E-state index contributed by atoms with van der Waals surface area (Å²) in [4.78, 5) is 13.9. The second kappa shape index (κ2) is 5.82. The maximum absolute atomic E-state index is 12.2. The fraction of sp³-hybridized carbons (Fsp3) is 0.500. The second-order valence-corrected chi connectivity index (χ2v) is 4.65. The summed E-state index contributed by atoms with van der Waals surface area (Å²) in [5.41, 5.74) is 3.34. The molecule has 1 aromatic rings. The van der Waals surface area contributed by atoms with Gasteiger partial charge in [-0.15, -0.1) is 0 Å². The number of nitrogens with zero attached hydrogens (tertiary/aromatic N) is 1. The zero-order valence-electron chi connectivity index (χ0n) is 11.4. The summed E-state index contributed by atoms with van der Waals surface area (Å²) in [6, 6.07) is 6.14. The Bertz CT molecular complexity index is 401. The largest absolute Gasteiger partial charge is 0.319 e. The molecule has 94 valence electrons. The molecule has 1 N–H and O–H groups in total. The molecule has 0 saturated carbocycles. The standard InChI is InChI=1S/C14H22N2O/c1-10-6-7-13(11(2)8-10)16(5)14(17)12(3)9-15-4/h6-8,12,15H,9H2,1-5H3. The number of carbonyl (C=O) groups excluding carboxylic acids is 1. The van der Waals surface area contributed by atoms with Gasteiger partial charge in [0, 0.05) is 25.2 Å². The predicted octanol–water partition coefficient (Wildman–Crippen LogP) is 2.12. The monoisotopic (exact) mass is 234 g/mol. The van der Waals surface area contributed by atoms with E-state index >= 15 is 0 Å². The summed E-state index contributed by atoms with van der Waals surface area (Å²) in [5, 5.41) is 3.03. The molecule has 1 atom stereocenters. The van der Waals surface area contributed by atoms with Crippen LogP contribution in [0.25, 0.3) is 0 Å². The SMILES string of the molecule is CNCC(C)C(=O)N(C)c1ccc(C)cc1C. The number of nitrogens with one attached hydrogen (secondary N) is 1. The number of hydrogen-bond donors (Lipinski definition) is 1. The average molecular weight is 234 g/mol. The fourth-order valence-electron chi connectivity index (χ4n) is 2.02. The number of rotatable bonds is 4. The van der Waals surface area contributed by atoms with E-state index in [-0.39, 0.29) is 11.8 Å². The van der Waals surface area contributed by atoms with Gasteiger partial charge in [0.25, 0.3) is 0 Å². The number of benzene rings is 1. The minimum Gasteiger partial charge on any atom is -0.319 e. The molecule has 1 aromatic carbocycles. The van der Waals surface area contributed by atoms with Crippen LogP contribution in [0.5, 0.6) is 0 Å². The molecule has 3 heteroatoms. The van der Waals surface area contributed by atoms with Crippen molar-refractivity contribution in [3.05, 3.63) is 29.3 Å². The highest BCUT2D eigenvalue weighted by atomic mass is 16.2. The molecule has 1 unspecified atom stereocenters. The molecule has 0 heterocycles. The molecule has 0 bridgehead atoms. The third-order valence-electron chi connectivity index (χ3n) is 2.98. The zero-order valence-corrected chi connectivity index (χ0v) is 11.4. The molecule has 0 aliphatic rings. The third kappa shape index (κ3) is 3.30. The summed E-state index contributed by atoms with van der Waals surface area (Å²) in [6.45, 7) is 6.74. The quantitative estimate of drug-likeness (QED) is 0.865. The van der Waals surface area contributed by atoms with Gasteiger partial charge in [-0.3, -0.25) is 4.79 Å². The summed E-state index contributed by atoms with van der Waals surface area (Å²) >= 11 is 0. The van der Waals surface area contributed by atoms with Crippen molar-refractivity contribution < 1.29 is 4.79 Å². The molecule has 0 aliphatic heterocycles. The predicted molar refractivity (Wildman–Crippen MR) is 72.4 cm³/mol. The van der Waals surface area contributed by atoms with Crippen molar-refractivity contribution >= 4 is 11.6 Å². The van der Waals surface area contributed by atoms with Crippen molar-refractivity contribution in [2.45, 2.75) is 20.8 Å². The number of amides is 1. The van der Waals surface area contributed by atoms with E-state index in [2.05, 4.69) is 18.3 Å². The summed E-state index contributed by atoms with van der Waals surface area (Å²) in [7, 11) is 3.70. The normalized spacial score (nSPS) is 12.3. The van der Waals surface area contributed by atoms with Crippen LogP contribution in [-0.2, 0) is 4.79 Å². The number of anilines is 1. The van der Waals surface area contributed by atoms with Crippen molar-refractivity contribution in [3.63, 3.8) is 0 Å². The van der Waals surface area contributed by atoms with Gasteiger partial charge in [-0.2, -0.15) is 0 Å². The molecule has 0 aromatic heterocycles. The number of aryl methyl sites for hydroxylation is 2. The van der Waals surface area contributed by atoms with Gasteiger partial charge in [-0.05, 0) is 32.5 Å². The first-order chi connectivity index (χ1) is 7.97. The fourth-order valence-corrected chi connectivity index (χ4v) is 2.02. The Hall–Kier alpha value is -1.35. The van der Waals surface area contributed by atoms with Crippen LogP contribution in [0.1, 0.15) is 18.1 Å². The van der Waals surface area contributed by atoms with E-state index in [0.29, 0.717) is 6.54 Å². The molecule has 17 heavy (non-hydrogen) atoms. The third-order valence-corrected chi connectivity index (χ3v) is 2.98. The van der Waals surface area contributed by atoms with Crippen molar-refractivity contribution in [1.29, 1.82) is 0 Å². The van der Waals surface area contributed by atoms with Gasteiger partial charge in [0.05, 0.1) is 0 Å². The second-order valence-electron chi connectivity index (χ2n) is 4.65. The molecule has 1 amide bonds.